The first-order valence-corrected chi connectivity index (χ1v) is 4.75. The Bertz CT molecular complexity index is 306. The molecule has 0 atom stereocenters. The van der Waals surface area contributed by atoms with Crippen LogP contribution in [0.2, 0.25) is 0 Å². The molecule has 0 fully saturated rings. The fourth-order valence-electron chi connectivity index (χ4n) is 1.30. The standard InChI is InChI=1S/C11H16N2O/c1-4-13(11(14)12-3)10-7-5-9(2)6-8-10/h5-8H,4H2,1-3H3,(H,12,14). The molecule has 1 aromatic rings. The molecule has 14 heavy (non-hydrogen) atoms. The van der Waals surface area contributed by atoms with E-state index in [1.54, 1.807) is 11.9 Å². The average molecular weight is 192 g/mol. The second kappa shape index (κ2) is 4.65. The zero-order valence-corrected chi connectivity index (χ0v) is 8.87. The van der Waals surface area contributed by atoms with Crippen molar-refractivity contribution in [1.29, 1.82) is 0 Å². The highest BCUT2D eigenvalue weighted by atomic mass is 16.2. The molecule has 0 unspecified atom stereocenters. The number of hydrogen-bond donors (Lipinski definition) is 1. The van der Waals surface area contributed by atoms with Gasteiger partial charge < -0.3 is 5.32 Å². The first-order chi connectivity index (χ1) is 6.69. The average Bonchev–Trinajstić information content (AvgIpc) is 2.21. The van der Waals surface area contributed by atoms with Crippen molar-refractivity contribution in [3.63, 3.8) is 0 Å². The van der Waals surface area contributed by atoms with Gasteiger partial charge in [0.25, 0.3) is 0 Å². The van der Waals surface area contributed by atoms with Gasteiger partial charge in [0, 0.05) is 19.3 Å². The number of hydrogen-bond acceptors (Lipinski definition) is 1. The Labute approximate surface area is 84.7 Å². The SMILES string of the molecule is CCN(C(=O)NC)c1ccc(C)cc1. The van der Waals surface area contributed by atoms with Crippen LogP contribution in [-0.4, -0.2) is 19.6 Å². The fraction of sp³-hybridized carbons (Fsp3) is 0.364. The molecular weight excluding hydrogens is 176 g/mol. The van der Waals surface area contributed by atoms with E-state index in [0.29, 0.717) is 6.54 Å². The summed E-state index contributed by atoms with van der Waals surface area (Å²) in [5, 5.41) is 2.62. The lowest BCUT2D eigenvalue weighted by atomic mass is 10.2. The Balaban J connectivity index is 2.89. The van der Waals surface area contributed by atoms with E-state index in [9.17, 15) is 4.79 Å². The van der Waals surface area contributed by atoms with E-state index in [1.807, 2.05) is 38.1 Å². The van der Waals surface area contributed by atoms with E-state index < -0.39 is 0 Å². The Hall–Kier alpha value is -1.51. The van der Waals surface area contributed by atoms with Gasteiger partial charge in [0.15, 0.2) is 0 Å². The maximum absolute atomic E-state index is 11.4. The predicted octanol–water partition coefficient (Wildman–Crippen LogP) is 2.16. The number of anilines is 1. The summed E-state index contributed by atoms with van der Waals surface area (Å²) in [7, 11) is 1.64. The minimum atomic E-state index is -0.0728. The highest BCUT2D eigenvalue weighted by Crippen LogP contribution is 2.14. The summed E-state index contributed by atoms with van der Waals surface area (Å²) in [5.74, 6) is 0. The van der Waals surface area contributed by atoms with Gasteiger partial charge in [-0.15, -0.1) is 0 Å². The van der Waals surface area contributed by atoms with Gasteiger partial charge in [-0.25, -0.2) is 4.79 Å². The van der Waals surface area contributed by atoms with Gasteiger partial charge in [0.05, 0.1) is 0 Å². The van der Waals surface area contributed by atoms with E-state index >= 15 is 0 Å². The van der Waals surface area contributed by atoms with Crippen LogP contribution in [0.3, 0.4) is 0 Å². The van der Waals surface area contributed by atoms with Crippen LogP contribution < -0.4 is 10.2 Å². The maximum atomic E-state index is 11.4. The van der Waals surface area contributed by atoms with Crippen LogP contribution in [-0.2, 0) is 0 Å². The molecule has 0 saturated carbocycles. The normalized spacial score (nSPS) is 9.64. The van der Waals surface area contributed by atoms with Crippen molar-refractivity contribution >= 4 is 11.7 Å². The summed E-state index contributed by atoms with van der Waals surface area (Å²) in [6, 6.07) is 7.83. The van der Waals surface area contributed by atoms with Gasteiger partial charge in [-0.1, -0.05) is 17.7 Å². The van der Waals surface area contributed by atoms with E-state index in [-0.39, 0.29) is 6.03 Å². The number of urea groups is 1. The number of carbonyl (C=O) groups excluding carboxylic acids is 1. The summed E-state index contributed by atoms with van der Waals surface area (Å²) in [6.45, 7) is 4.65. The van der Waals surface area contributed by atoms with Crippen LogP contribution in [0.4, 0.5) is 10.5 Å². The smallest absolute Gasteiger partial charge is 0.321 e. The minimum absolute atomic E-state index is 0.0728. The number of nitrogens with one attached hydrogen (secondary N) is 1. The quantitative estimate of drug-likeness (QED) is 0.765. The van der Waals surface area contributed by atoms with Crippen LogP contribution in [0.1, 0.15) is 12.5 Å². The lowest BCUT2D eigenvalue weighted by Crippen LogP contribution is -2.37. The van der Waals surface area contributed by atoms with Crippen LogP contribution >= 0.6 is 0 Å². The largest absolute Gasteiger partial charge is 0.341 e. The third-order valence-corrected chi connectivity index (χ3v) is 2.12. The maximum Gasteiger partial charge on any atom is 0.321 e. The number of aryl methyl sites for hydroxylation is 1. The number of nitrogens with zero attached hydrogens (tertiary/aromatic N) is 1. The Morgan fingerprint density at radius 3 is 2.36 bits per heavy atom. The summed E-state index contributed by atoms with van der Waals surface area (Å²) < 4.78 is 0. The molecule has 1 N–H and O–H groups in total. The van der Waals surface area contributed by atoms with Crippen LogP contribution in [0.15, 0.2) is 24.3 Å². The molecule has 3 nitrogen and oxygen atoms in total. The molecule has 0 aliphatic heterocycles. The molecule has 0 aromatic heterocycles. The van der Waals surface area contributed by atoms with E-state index in [4.69, 9.17) is 0 Å². The molecule has 76 valence electrons. The van der Waals surface area contributed by atoms with Crippen LogP contribution in [0.5, 0.6) is 0 Å². The van der Waals surface area contributed by atoms with Crippen molar-refractivity contribution in [2.75, 3.05) is 18.5 Å². The topological polar surface area (TPSA) is 32.3 Å². The highest BCUT2D eigenvalue weighted by Gasteiger charge is 2.10. The highest BCUT2D eigenvalue weighted by molar-refractivity contribution is 5.91. The second-order valence-electron chi connectivity index (χ2n) is 3.13. The van der Waals surface area contributed by atoms with Crippen molar-refractivity contribution in [3.8, 4) is 0 Å². The van der Waals surface area contributed by atoms with Crippen LogP contribution in [0, 0.1) is 6.92 Å². The molecule has 0 radical (unpaired) electrons. The monoisotopic (exact) mass is 192 g/mol. The van der Waals surface area contributed by atoms with Crippen molar-refractivity contribution in [3.05, 3.63) is 29.8 Å². The van der Waals surface area contributed by atoms with Gasteiger partial charge in [0.2, 0.25) is 0 Å². The molecule has 0 heterocycles. The lowest BCUT2D eigenvalue weighted by molar-refractivity contribution is 0.248. The predicted molar refractivity (Wildman–Crippen MR) is 58.7 cm³/mol. The number of amides is 2. The van der Waals surface area contributed by atoms with Gasteiger partial charge in [-0.05, 0) is 26.0 Å². The first kappa shape index (κ1) is 10.6. The van der Waals surface area contributed by atoms with Crippen molar-refractivity contribution in [2.45, 2.75) is 13.8 Å². The summed E-state index contributed by atoms with van der Waals surface area (Å²) in [5.41, 5.74) is 2.12. The zero-order valence-electron chi connectivity index (χ0n) is 8.87. The minimum Gasteiger partial charge on any atom is -0.341 e. The van der Waals surface area contributed by atoms with E-state index in [0.717, 1.165) is 5.69 Å². The second-order valence-corrected chi connectivity index (χ2v) is 3.13. The third-order valence-electron chi connectivity index (χ3n) is 2.12. The molecule has 0 bridgehead atoms. The first-order valence-electron chi connectivity index (χ1n) is 4.75. The van der Waals surface area contributed by atoms with E-state index in [1.165, 1.54) is 5.56 Å². The lowest BCUT2D eigenvalue weighted by Gasteiger charge is -2.20. The third kappa shape index (κ3) is 2.25. The Kier molecular flexibility index (Phi) is 3.51. The molecule has 0 saturated heterocycles. The molecular formula is C11H16N2O. The molecule has 0 spiro atoms. The Morgan fingerprint density at radius 2 is 1.93 bits per heavy atom. The van der Waals surface area contributed by atoms with Gasteiger partial charge in [-0.2, -0.15) is 0 Å². The molecule has 2 amide bonds. The number of rotatable bonds is 2. The van der Waals surface area contributed by atoms with Crippen molar-refractivity contribution in [2.24, 2.45) is 0 Å². The van der Waals surface area contributed by atoms with Crippen molar-refractivity contribution < 1.29 is 4.79 Å². The zero-order chi connectivity index (χ0) is 10.6. The number of benzene rings is 1. The molecule has 0 aliphatic carbocycles. The van der Waals surface area contributed by atoms with Crippen LogP contribution in [0.25, 0.3) is 0 Å². The molecule has 3 heteroatoms. The van der Waals surface area contributed by atoms with Gasteiger partial charge in [-0.3, -0.25) is 4.90 Å². The van der Waals surface area contributed by atoms with Gasteiger partial charge >= 0.3 is 6.03 Å². The van der Waals surface area contributed by atoms with Crippen molar-refractivity contribution in [1.82, 2.24) is 5.32 Å². The summed E-state index contributed by atoms with van der Waals surface area (Å²) in [6.07, 6.45) is 0. The molecule has 0 aliphatic rings. The summed E-state index contributed by atoms with van der Waals surface area (Å²) >= 11 is 0. The summed E-state index contributed by atoms with van der Waals surface area (Å²) in [4.78, 5) is 13.1. The Morgan fingerprint density at radius 1 is 1.36 bits per heavy atom. The molecule has 1 aromatic carbocycles. The van der Waals surface area contributed by atoms with Gasteiger partial charge in [0.1, 0.15) is 0 Å². The fourth-order valence-corrected chi connectivity index (χ4v) is 1.30. The number of carbonyl (C=O) groups is 1. The molecule has 1 rings (SSSR count). The van der Waals surface area contributed by atoms with E-state index in [2.05, 4.69) is 5.32 Å².